The molecule has 0 aliphatic carbocycles. The number of carbonyl (C=O) groups excluding carboxylic acids is 4. The van der Waals surface area contributed by atoms with E-state index in [1.807, 2.05) is 0 Å². The monoisotopic (exact) mass is 369 g/mol. The molecule has 9 heteroatoms. The number of hydrogen-bond donors (Lipinski definition) is 0. The molecule has 0 bridgehead atoms. The fourth-order valence-electron chi connectivity index (χ4n) is 3.19. The molecule has 3 amide bonds. The van der Waals surface area contributed by atoms with Crippen LogP contribution in [0.25, 0.3) is 0 Å². The van der Waals surface area contributed by atoms with Crippen LogP contribution >= 0.6 is 0 Å². The summed E-state index contributed by atoms with van der Waals surface area (Å²) in [5, 5.41) is 0. The van der Waals surface area contributed by atoms with Gasteiger partial charge in [0, 0.05) is 39.3 Å². The highest BCUT2D eigenvalue weighted by atomic mass is 16.6. The Bertz CT molecular complexity index is 545. The average molecular weight is 369 g/mol. The summed E-state index contributed by atoms with van der Waals surface area (Å²) in [6, 6.07) is 0. The standard InChI is InChI=1S/C17H27N3O6/c1-3-25-16(23)13-6-5-7-20(12-13)15(22)14(21)18-8-10-19(11-9-18)17(24)26-4-2/h13H,3-12H2,1-2H3. The van der Waals surface area contributed by atoms with E-state index in [-0.39, 0.29) is 18.4 Å². The first-order chi connectivity index (χ1) is 12.5. The van der Waals surface area contributed by atoms with Crippen molar-refractivity contribution >= 4 is 23.9 Å². The predicted molar refractivity (Wildman–Crippen MR) is 91.1 cm³/mol. The van der Waals surface area contributed by atoms with Crippen LogP contribution in [-0.2, 0) is 23.9 Å². The van der Waals surface area contributed by atoms with Crippen LogP contribution in [-0.4, -0.2) is 91.1 Å². The SMILES string of the molecule is CCOC(=O)C1CCCN(C(=O)C(=O)N2CCN(C(=O)OCC)CC2)C1. The van der Waals surface area contributed by atoms with Crippen LogP contribution in [0, 0.1) is 5.92 Å². The maximum atomic E-state index is 12.5. The van der Waals surface area contributed by atoms with Gasteiger partial charge in [0.15, 0.2) is 0 Å². The largest absolute Gasteiger partial charge is 0.466 e. The zero-order valence-electron chi connectivity index (χ0n) is 15.4. The summed E-state index contributed by atoms with van der Waals surface area (Å²) in [4.78, 5) is 53.0. The van der Waals surface area contributed by atoms with Crippen LogP contribution in [0.5, 0.6) is 0 Å². The third-order valence-corrected chi connectivity index (χ3v) is 4.60. The van der Waals surface area contributed by atoms with Gasteiger partial charge in [0.25, 0.3) is 0 Å². The average Bonchev–Trinajstić information content (AvgIpc) is 2.67. The Labute approximate surface area is 153 Å². The lowest BCUT2D eigenvalue weighted by atomic mass is 9.98. The number of ether oxygens (including phenoxy) is 2. The second-order valence-corrected chi connectivity index (χ2v) is 6.32. The molecule has 9 nitrogen and oxygen atoms in total. The van der Waals surface area contributed by atoms with Crippen molar-refractivity contribution in [2.75, 3.05) is 52.5 Å². The zero-order valence-corrected chi connectivity index (χ0v) is 15.4. The van der Waals surface area contributed by atoms with Crippen LogP contribution in [0.3, 0.4) is 0 Å². The Morgan fingerprint density at radius 3 is 2.00 bits per heavy atom. The highest BCUT2D eigenvalue weighted by molar-refractivity contribution is 6.35. The second-order valence-electron chi connectivity index (χ2n) is 6.32. The molecule has 146 valence electrons. The molecular weight excluding hydrogens is 342 g/mol. The molecule has 0 N–H and O–H groups in total. The lowest BCUT2D eigenvalue weighted by Gasteiger charge is -2.36. The molecule has 0 aromatic heterocycles. The molecule has 26 heavy (non-hydrogen) atoms. The molecule has 2 fully saturated rings. The number of carbonyl (C=O) groups is 4. The quantitative estimate of drug-likeness (QED) is 0.517. The maximum Gasteiger partial charge on any atom is 0.409 e. The van der Waals surface area contributed by atoms with Crippen molar-refractivity contribution < 1.29 is 28.7 Å². The van der Waals surface area contributed by atoms with E-state index in [4.69, 9.17) is 9.47 Å². The van der Waals surface area contributed by atoms with Gasteiger partial charge < -0.3 is 24.2 Å². The van der Waals surface area contributed by atoms with Crippen LogP contribution < -0.4 is 0 Å². The molecule has 1 unspecified atom stereocenters. The summed E-state index contributed by atoms with van der Waals surface area (Å²) in [7, 11) is 0. The summed E-state index contributed by atoms with van der Waals surface area (Å²) in [5.74, 6) is -1.87. The van der Waals surface area contributed by atoms with Gasteiger partial charge in [-0.2, -0.15) is 0 Å². The molecule has 1 atom stereocenters. The first-order valence-corrected chi connectivity index (χ1v) is 9.14. The molecule has 2 aliphatic rings. The fourth-order valence-corrected chi connectivity index (χ4v) is 3.19. The van der Waals surface area contributed by atoms with Gasteiger partial charge in [-0.3, -0.25) is 14.4 Å². The smallest absolute Gasteiger partial charge is 0.409 e. The number of hydrogen-bond acceptors (Lipinski definition) is 6. The first-order valence-electron chi connectivity index (χ1n) is 9.14. The van der Waals surface area contributed by atoms with Crippen molar-refractivity contribution in [3.63, 3.8) is 0 Å². The second kappa shape index (κ2) is 9.40. The van der Waals surface area contributed by atoms with E-state index in [2.05, 4.69) is 0 Å². The lowest BCUT2D eigenvalue weighted by Crippen LogP contribution is -2.55. The van der Waals surface area contributed by atoms with Crippen molar-refractivity contribution in [1.29, 1.82) is 0 Å². The number of nitrogens with zero attached hydrogens (tertiary/aromatic N) is 3. The number of piperazine rings is 1. The first kappa shape index (κ1) is 20.0. The Kier molecular flexibility index (Phi) is 7.23. The van der Waals surface area contributed by atoms with Crippen molar-refractivity contribution in [3.05, 3.63) is 0 Å². The summed E-state index contributed by atoms with van der Waals surface area (Å²) in [6.45, 7) is 6.00. The van der Waals surface area contributed by atoms with Gasteiger partial charge in [-0.1, -0.05) is 0 Å². The van der Waals surface area contributed by atoms with Crippen molar-refractivity contribution in [3.8, 4) is 0 Å². The third kappa shape index (κ3) is 4.86. The molecule has 0 radical (unpaired) electrons. The Hall–Kier alpha value is -2.32. The van der Waals surface area contributed by atoms with Crippen molar-refractivity contribution in [2.24, 2.45) is 5.92 Å². The van der Waals surface area contributed by atoms with E-state index in [0.29, 0.717) is 58.8 Å². The number of piperidine rings is 1. The summed E-state index contributed by atoms with van der Waals surface area (Å²) in [6.07, 6.45) is 0.924. The van der Waals surface area contributed by atoms with Gasteiger partial charge in [0.05, 0.1) is 19.1 Å². The van der Waals surface area contributed by atoms with Crippen LogP contribution in [0.2, 0.25) is 0 Å². The molecule has 0 aromatic carbocycles. The van der Waals surface area contributed by atoms with E-state index < -0.39 is 17.9 Å². The van der Waals surface area contributed by atoms with E-state index in [0.717, 1.165) is 0 Å². The van der Waals surface area contributed by atoms with Crippen LogP contribution in [0.4, 0.5) is 4.79 Å². The molecule has 0 saturated carbocycles. The van der Waals surface area contributed by atoms with Gasteiger partial charge in [-0.25, -0.2) is 4.79 Å². The molecular formula is C17H27N3O6. The third-order valence-electron chi connectivity index (χ3n) is 4.60. The molecule has 0 aromatic rings. The van der Waals surface area contributed by atoms with Crippen molar-refractivity contribution in [2.45, 2.75) is 26.7 Å². The Morgan fingerprint density at radius 2 is 1.38 bits per heavy atom. The van der Waals surface area contributed by atoms with Crippen LogP contribution in [0.15, 0.2) is 0 Å². The van der Waals surface area contributed by atoms with Crippen LogP contribution in [0.1, 0.15) is 26.7 Å². The Morgan fingerprint density at radius 1 is 0.808 bits per heavy atom. The lowest BCUT2D eigenvalue weighted by molar-refractivity contribution is -0.157. The number of rotatable bonds is 3. The molecule has 0 spiro atoms. The summed E-state index contributed by atoms with van der Waals surface area (Å²) < 4.78 is 9.96. The summed E-state index contributed by atoms with van der Waals surface area (Å²) >= 11 is 0. The number of amides is 3. The minimum absolute atomic E-state index is 0.214. The minimum atomic E-state index is -0.594. The molecule has 2 heterocycles. The Balaban J connectivity index is 1.86. The number of likely N-dealkylation sites (tertiary alicyclic amines) is 1. The van der Waals surface area contributed by atoms with Gasteiger partial charge in [-0.05, 0) is 26.7 Å². The topological polar surface area (TPSA) is 96.5 Å². The zero-order chi connectivity index (χ0) is 19.1. The minimum Gasteiger partial charge on any atom is -0.466 e. The normalized spacial score (nSPS) is 20.5. The highest BCUT2D eigenvalue weighted by Crippen LogP contribution is 2.19. The van der Waals surface area contributed by atoms with E-state index in [1.165, 1.54) is 14.7 Å². The molecule has 2 saturated heterocycles. The molecule has 2 rings (SSSR count). The van der Waals surface area contributed by atoms with E-state index in [9.17, 15) is 19.2 Å². The van der Waals surface area contributed by atoms with Gasteiger partial charge in [0.1, 0.15) is 0 Å². The molecule has 2 aliphatic heterocycles. The maximum absolute atomic E-state index is 12.5. The van der Waals surface area contributed by atoms with E-state index >= 15 is 0 Å². The fraction of sp³-hybridized carbons (Fsp3) is 0.765. The number of esters is 1. The van der Waals surface area contributed by atoms with Gasteiger partial charge in [0.2, 0.25) is 0 Å². The van der Waals surface area contributed by atoms with Gasteiger partial charge in [-0.15, -0.1) is 0 Å². The highest BCUT2D eigenvalue weighted by Gasteiger charge is 2.35. The van der Waals surface area contributed by atoms with Gasteiger partial charge >= 0.3 is 23.9 Å². The summed E-state index contributed by atoms with van der Waals surface area (Å²) in [5.41, 5.74) is 0. The predicted octanol–water partition coefficient (Wildman–Crippen LogP) is 0.0888. The van der Waals surface area contributed by atoms with Crippen molar-refractivity contribution in [1.82, 2.24) is 14.7 Å². The van der Waals surface area contributed by atoms with E-state index in [1.54, 1.807) is 13.8 Å².